The molecule has 1 aromatic heterocycles. The van der Waals surface area contributed by atoms with Gasteiger partial charge in [-0.25, -0.2) is 19.1 Å². The molecule has 5 rings (SSSR count). The third-order valence-electron chi connectivity index (χ3n) is 18.2. The maximum absolute atomic E-state index is 14.0. The molecule has 1 saturated carbocycles. The van der Waals surface area contributed by atoms with Gasteiger partial charge >= 0.3 is 18.2 Å². The Balaban J connectivity index is 0.00000180. The first-order chi connectivity index (χ1) is 46.2. The van der Waals surface area contributed by atoms with Crippen LogP contribution in [-0.4, -0.2) is 182 Å². The van der Waals surface area contributed by atoms with Gasteiger partial charge in [-0.15, -0.1) is 5.10 Å². The number of Topliss-reactive ketones (excluding diaryl/α,β-unsaturated/α-hetero) is 2. The molecule has 5 unspecified atom stereocenters. The van der Waals surface area contributed by atoms with Gasteiger partial charge in [0.1, 0.15) is 42.9 Å². The van der Waals surface area contributed by atoms with Crippen molar-refractivity contribution in [2.45, 2.75) is 263 Å². The number of nitrogens with one attached hydrogen (secondary N) is 5. The zero-order chi connectivity index (χ0) is 70.4. The number of nitrogens with two attached hydrogens (primary N) is 1. The first-order valence-corrected chi connectivity index (χ1v) is 34.9. The number of benzene rings is 1. The van der Waals surface area contributed by atoms with Crippen molar-refractivity contribution in [1.29, 1.82) is 0 Å². The number of ketones is 2. The van der Waals surface area contributed by atoms with Crippen LogP contribution in [0.5, 0.6) is 0 Å². The van der Waals surface area contributed by atoms with E-state index in [9.17, 15) is 64.2 Å². The molecule has 1 saturated heterocycles. The van der Waals surface area contributed by atoms with Crippen molar-refractivity contribution in [2.24, 2.45) is 40.4 Å². The summed E-state index contributed by atoms with van der Waals surface area (Å²) in [4.78, 5) is 90.8. The number of aliphatic hydroxyl groups is 6. The minimum atomic E-state index is -1.75. The summed E-state index contributed by atoms with van der Waals surface area (Å²) in [5.41, 5.74) is 16.1. The van der Waals surface area contributed by atoms with Crippen LogP contribution in [0, 0.1) is 29.6 Å². The fourth-order valence-electron chi connectivity index (χ4n) is 12.2. The fraction of sp³-hybridized carbons (Fsp3) is 0.776. The number of anilines is 1. The van der Waals surface area contributed by atoms with Gasteiger partial charge in [0.2, 0.25) is 11.8 Å². The quantitative estimate of drug-likeness (QED) is 0.0143. The van der Waals surface area contributed by atoms with Gasteiger partial charge in [-0.3, -0.25) is 19.2 Å². The average Bonchev–Trinajstić information content (AvgIpc) is 1.53. The van der Waals surface area contributed by atoms with Crippen LogP contribution in [0.4, 0.5) is 20.1 Å². The lowest BCUT2D eigenvalue weighted by Gasteiger charge is -2.40. The van der Waals surface area contributed by atoms with Crippen LogP contribution >= 0.6 is 0 Å². The largest absolute Gasteiger partial charge is 0.449 e. The number of ether oxygens (including phenoxy) is 4. The number of carbonyl (C=O) groups is 7. The summed E-state index contributed by atoms with van der Waals surface area (Å²) in [6, 6.07) is 3.33. The van der Waals surface area contributed by atoms with E-state index in [2.05, 4.69) is 53.8 Å². The smallest absolute Gasteiger partial charge is 0.407 e. The summed E-state index contributed by atoms with van der Waals surface area (Å²) in [6.45, 7) is 7.58. The summed E-state index contributed by atoms with van der Waals surface area (Å²) in [6.07, 6.45) is 8.51. The van der Waals surface area contributed by atoms with E-state index in [-0.39, 0.29) is 68.3 Å². The summed E-state index contributed by atoms with van der Waals surface area (Å²) >= 11 is 0. The van der Waals surface area contributed by atoms with Crippen LogP contribution in [-0.2, 0) is 64.1 Å². The molecule has 0 bridgehead atoms. The third kappa shape index (κ3) is 30.1. The van der Waals surface area contributed by atoms with Crippen LogP contribution in [0.25, 0.3) is 10.4 Å². The minimum absolute atomic E-state index is 0.0140. The van der Waals surface area contributed by atoms with Crippen molar-refractivity contribution in [1.82, 2.24) is 36.3 Å². The van der Waals surface area contributed by atoms with Crippen molar-refractivity contribution in [3.63, 3.8) is 0 Å². The highest BCUT2D eigenvalue weighted by Crippen LogP contribution is 2.53. The topological polar surface area (TPSA) is 443 Å². The summed E-state index contributed by atoms with van der Waals surface area (Å²) in [5, 5.41) is 88.6. The first kappa shape index (κ1) is 81.9. The lowest BCUT2D eigenvalue weighted by molar-refractivity contribution is -0.303. The van der Waals surface area contributed by atoms with E-state index in [0.717, 1.165) is 75.6 Å². The van der Waals surface area contributed by atoms with Gasteiger partial charge in [-0.1, -0.05) is 127 Å². The Hall–Kier alpha value is -6.56. The number of hydrogen-bond acceptors (Lipinski definition) is 20. The third-order valence-corrected chi connectivity index (χ3v) is 18.2. The molecule has 13 atom stereocenters. The standard InChI is InChI=1S/C61H101N9O16.C6H11N3O/c1-5-6-7-8-9-10-11-12-13-14-15-16-21-48(72)53(75)46(37-83-58-56(78)55(77)54(76)50(34-71)86-58)66-60(81)84-35-39-23-25-41(26-24-39)65-57(79)40(20-19-31-64-59(62)80)33-49(73)52(38(2)3)67-61(82)85-36-44-42-27-29-45-47(30-28-43(42)44)70(69-68-45)32-18-17-22-51(74)63-4;1-2-6(10)4-3-5-8-9-7/h23-26,38,40,42-44,46,48,50,52-56,58,71-72,75-78H,5-22,27-37H2,1-4H3,(H,63,74)(H,65,79)(H,66,81)(H,67,82)(H3,62,64,80);2-5H2,1H3/t40-,42?,43?,44?,46+,48-,50?,52+,53+,54+,55+,56?,58+;/m1./s1. The van der Waals surface area contributed by atoms with Crippen molar-refractivity contribution in [3.8, 4) is 0 Å². The molecule has 29 nitrogen and oxygen atoms in total. The molecule has 0 radical (unpaired) electrons. The molecule has 29 heteroatoms. The molecule has 2 heterocycles. The van der Waals surface area contributed by atoms with Gasteiger partial charge in [-0.2, -0.15) is 0 Å². The van der Waals surface area contributed by atoms with Crippen LogP contribution in [0.2, 0.25) is 0 Å². The molecule has 0 spiro atoms. The number of nitrogens with zero attached hydrogens (tertiary/aromatic N) is 6. The van der Waals surface area contributed by atoms with Crippen molar-refractivity contribution < 1.29 is 83.1 Å². The molecule has 542 valence electrons. The van der Waals surface area contributed by atoms with Crippen LogP contribution in [0.1, 0.15) is 199 Å². The summed E-state index contributed by atoms with van der Waals surface area (Å²) in [5.74, 6) is -0.926. The zero-order valence-electron chi connectivity index (χ0n) is 57.2. The number of unbranched alkanes of at least 4 members (excludes halogenated alkanes) is 12. The number of rotatable bonds is 45. The highest BCUT2D eigenvalue weighted by Gasteiger charge is 2.51. The van der Waals surface area contributed by atoms with E-state index in [4.69, 9.17) is 30.2 Å². The number of amides is 6. The van der Waals surface area contributed by atoms with E-state index in [0.29, 0.717) is 74.7 Å². The molecule has 96 heavy (non-hydrogen) atoms. The second-order valence-electron chi connectivity index (χ2n) is 25.9. The highest BCUT2D eigenvalue weighted by atomic mass is 16.7. The molecule has 1 aliphatic heterocycles. The Morgan fingerprint density at radius 1 is 0.802 bits per heavy atom. The monoisotopic (exact) mass is 1360 g/mol. The average molecular weight is 1360 g/mol. The van der Waals surface area contributed by atoms with Gasteiger partial charge in [0.25, 0.3) is 0 Å². The van der Waals surface area contributed by atoms with Gasteiger partial charge in [-0.05, 0) is 111 Å². The number of aromatic nitrogens is 3. The molecule has 2 fully saturated rings. The molecule has 13 N–H and O–H groups in total. The predicted molar refractivity (Wildman–Crippen MR) is 356 cm³/mol. The lowest BCUT2D eigenvalue weighted by Crippen LogP contribution is -2.60. The van der Waals surface area contributed by atoms with Gasteiger partial charge in [0, 0.05) is 68.9 Å². The van der Waals surface area contributed by atoms with Crippen molar-refractivity contribution in [2.75, 3.05) is 45.3 Å². The maximum Gasteiger partial charge on any atom is 0.407 e. The predicted octanol–water partition coefficient (Wildman–Crippen LogP) is 6.63. The molecule has 2 aliphatic carbocycles. The number of fused-ring (bicyclic) bond motifs is 2. The highest BCUT2D eigenvalue weighted by molar-refractivity contribution is 5.97. The Kier molecular flexibility index (Phi) is 39.1. The van der Waals surface area contributed by atoms with Gasteiger partial charge < -0.3 is 81.9 Å². The number of urea groups is 1. The van der Waals surface area contributed by atoms with Gasteiger partial charge in [0.15, 0.2) is 12.1 Å². The number of aryl methyl sites for hydroxylation is 2. The van der Waals surface area contributed by atoms with Crippen molar-refractivity contribution >= 4 is 47.3 Å². The Bertz CT molecular complexity index is 2680. The zero-order valence-corrected chi connectivity index (χ0v) is 57.2. The van der Waals surface area contributed by atoms with E-state index < -0.39 is 98.3 Å². The van der Waals surface area contributed by atoms with Crippen LogP contribution in [0.3, 0.4) is 0 Å². The molecule has 1 aromatic carbocycles. The number of hydrogen-bond donors (Lipinski definition) is 12. The van der Waals surface area contributed by atoms with Crippen LogP contribution < -0.4 is 32.3 Å². The SMILES string of the molecule is CCC(=O)CCCN=[N+]=[N-].CCCCCCCCCCCCCC[C@@H](O)[C@@H](O)[C@H](CO[C@H]1OC(CO)[C@H](O)[C@H](O)C1O)NC(=O)OCc1ccc(NC(=O)[C@H](CCCNC(N)=O)CC(=O)[C@@H](NC(=O)OCC2C3CCc4nnn(CCCCC(=O)NC)c4CCC32)C(C)C)cc1. The lowest BCUT2D eigenvalue weighted by atomic mass is 9.89. The Morgan fingerprint density at radius 3 is 2.08 bits per heavy atom. The van der Waals surface area contributed by atoms with Crippen LogP contribution in [0.15, 0.2) is 29.4 Å². The summed E-state index contributed by atoms with van der Waals surface area (Å²) < 4.78 is 24.3. The number of carbonyl (C=O) groups excluding carboxylic acids is 7. The van der Waals surface area contributed by atoms with Gasteiger partial charge in [0.05, 0.1) is 49.4 Å². The normalized spacial score (nSPS) is 21.1. The Labute approximate surface area is 564 Å². The Morgan fingerprint density at radius 2 is 1.46 bits per heavy atom. The molecule has 3 aliphatic rings. The maximum atomic E-state index is 14.0. The number of azide groups is 1. The summed E-state index contributed by atoms with van der Waals surface area (Å²) in [7, 11) is 1.63. The van der Waals surface area contributed by atoms with E-state index in [1.807, 2.05) is 11.6 Å². The second kappa shape index (κ2) is 45.9. The van der Waals surface area contributed by atoms with E-state index >= 15 is 0 Å². The number of primary amides is 1. The second-order valence-corrected chi connectivity index (χ2v) is 25.9. The number of aliphatic hydroxyl groups excluding tert-OH is 6. The van der Waals surface area contributed by atoms with E-state index in [1.165, 1.54) is 44.9 Å². The number of alkyl carbamates (subject to hydrolysis) is 2. The molecular formula is C67H112N12O17. The first-order valence-electron chi connectivity index (χ1n) is 34.9. The molecule has 6 amide bonds. The minimum Gasteiger partial charge on any atom is -0.449 e. The van der Waals surface area contributed by atoms with Crippen molar-refractivity contribution in [3.05, 3.63) is 51.7 Å². The fourth-order valence-corrected chi connectivity index (χ4v) is 12.2. The molecule has 2 aromatic rings. The molecular weight excluding hydrogens is 1240 g/mol. The van der Waals surface area contributed by atoms with E-state index in [1.54, 1.807) is 45.2 Å².